The summed E-state index contributed by atoms with van der Waals surface area (Å²) in [5, 5.41) is 0. The number of benzene rings is 1. The fourth-order valence-corrected chi connectivity index (χ4v) is 1.53. The van der Waals surface area contributed by atoms with Crippen molar-refractivity contribution < 1.29 is 14.3 Å². The summed E-state index contributed by atoms with van der Waals surface area (Å²) in [7, 11) is 1.39. The van der Waals surface area contributed by atoms with Gasteiger partial charge in [-0.15, -0.1) is 0 Å². The third-order valence-electron chi connectivity index (χ3n) is 2.66. The number of esters is 1. The Kier molecular flexibility index (Phi) is 2.39. The number of aryl methyl sites for hydroxylation is 1. The summed E-state index contributed by atoms with van der Waals surface area (Å²) >= 11 is 0. The molecule has 0 radical (unpaired) electrons. The highest BCUT2D eigenvalue weighted by Crippen LogP contribution is 2.41. The third kappa shape index (κ3) is 1.82. The van der Waals surface area contributed by atoms with Crippen molar-refractivity contribution in [3.05, 3.63) is 29.8 Å². The standard InChI is InChI=1S/C12H14O3/c1-9-5-3-4-6-10(9)15-12(7-8-12)11(13)14-2/h3-6H,7-8H2,1-2H3. The van der Waals surface area contributed by atoms with Crippen molar-refractivity contribution in [2.45, 2.75) is 25.4 Å². The molecule has 1 aliphatic carbocycles. The lowest BCUT2D eigenvalue weighted by molar-refractivity contribution is -0.151. The number of hydrogen-bond acceptors (Lipinski definition) is 3. The zero-order chi connectivity index (χ0) is 10.9. The van der Waals surface area contributed by atoms with Crippen molar-refractivity contribution in [2.24, 2.45) is 0 Å². The van der Waals surface area contributed by atoms with Gasteiger partial charge in [-0.3, -0.25) is 0 Å². The van der Waals surface area contributed by atoms with E-state index in [1.54, 1.807) is 0 Å². The molecule has 1 fully saturated rings. The molecule has 3 heteroatoms. The van der Waals surface area contributed by atoms with Gasteiger partial charge in [0.15, 0.2) is 0 Å². The topological polar surface area (TPSA) is 35.5 Å². The van der Waals surface area contributed by atoms with Gasteiger partial charge in [0, 0.05) is 12.8 Å². The lowest BCUT2D eigenvalue weighted by Gasteiger charge is -2.16. The van der Waals surface area contributed by atoms with Gasteiger partial charge in [-0.05, 0) is 18.6 Å². The monoisotopic (exact) mass is 206 g/mol. The second-order valence-corrected chi connectivity index (χ2v) is 3.85. The van der Waals surface area contributed by atoms with E-state index >= 15 is 0 Å². The molecule has 0 bridgehead atoms. The van der Waals surface area contributed by atoms with E-state index in [1.807, 2.05) is 31.2 Å². The average molecular weight is 206 g/mol. The molecule has 0 aromatic heterocycles. The third-order valence-corrected chi connectivity index (χ3v) is 2.66. The summed E-state index contributed by atoms with van der Waals surface area (Å²) in [6.45, 7) is 1.96. The number of para-hydroxylation sites is 1. The Balaban J connectivity index is 2.16. The first kappa shape index (κ1) is 10.0. The lowest BCUT2D eigenvalue weighted by atomic mass is 10.2. The van der Waals surface area contributed by atoms with Crippen LogP contribution in [0, 0.1) is 6.92 Å². The molecular weight excluding hydrogens is 192 g/mol. The maximum atomic E-state index is 11.5. The van der Waals surface area contributed by atoms with E-state index in [0.29, 0.717) is 0 Å². The molecule has 0 N–H and O–H groups in total. The van der Waals surface area contributed by atoms with Crippen LogP contribution >= 0.6 is 0 Å². The molecule has 0 atom stereocenters. The van der Waals surface area contributed by atoms with Gasteiger partial charge < -0.3 is 9.47 Å². The Bertz CT molecular complexity index is 380. The molecule has 1 aliphatic rings. The number of carbonyl (C=O) groups excluding carboxylic acids is 1. The lowest BCUT2D eigenvalue weighted by Crippen LogP contribution is -2.30. The number of rotatable bonds is 3. The van der Waals surface area contributed by atoms with Crippen molar-refractivity contribution in [2.75, 3.05) is 7.11 Å². The molecule has 0 spiro atoms. The van der Waals surface area contributed by atoms with Crippen LogP contribution in [0.25, 0.3) is 0 Å². The highest BCUT2D eigenvalue weighted by atomic mass is 16.6. The number of hydrogen-bond donors (Lipinski definition) is 0. The maximum Gasteiger partial charge on any atom is 0.350 e. The van der Waals surface area contributed by atoms with Gasteiger partial charge in [-0.2, -0.15) is 0 Å². The first-order valence-corrected chi connectivity index (χ1v) is 5.01. The summed E-state index contributed by atoms with van der Waals surface area (Å²) in [5.41, 5.74) is 0.327. The number of methoxy groups -OCH3 is 1. The van der Waals surface area contributed by atoms with Crippen LogP contribution in [0.2, 0.25) is 0 Å². The summed E-state index contributed by atoms with van der Waals surface area (Å²) < 4.78 is 10.4. The minimum Gasteiger partial charge on any atom is -0.475 e. The molecule has 1 saturated carbocycles. The Morgan fingerprint density at radius 1 is 1.33 bits per heavy atom. The first-order valence-electron chi connectivity index (χ1n) is 5.01. The Morgan fingerprint density at radius 2 is 2.00 bits per heavy atom. The van der Waals surface area contributed by atoms with Gasteiger partial charge in [0.05, 0.1) is 7.11 Å². The van der Waals surface area contributed by atoms with Gasteiger partial charge in [0.25, 0.3) is 0 Å². The molecule has 0 amide bonds. The van der Waals surface area contributed by atoms with Crippen LogP contribution in [0.15, 0.2) is 24.3 Å². The van der Waals surface area contributed by atoms with E-state index in [9.17, 15) is 4.79 Å². The normalized spacial score (nSPS) is 16.9. The molecule has 2 rings (SSSR count). The first-order chi connectivity index (χ1) is 7.18. The smallest absolute Gasteiger partial charge is 0.350 e. The van der Waals surface area contributed by atoms with Gasteiger partial charge in [-0.1, -0.05) is 18.2 Å². The van der Waals surface area contributed by atoms with Gasteiger partial charge in [0.2, 0.25) is 5.60 Å². The zero-order valence-corrected chi connectivity index (χ0v) is 8.95. The van der Waals surface area contributed by atoms with E-state index in [2.05, 4.69) is 0 Å². The van der Waals surface area contributed by atoms with Crippen LogP contribution in [0.4, 0.5) is 0 Å². The van der Waals surface area contributed by atoms with Crippen LogP contribution < -0.4 is 4.74 Å². The van der Waals surface area contributed by atoms with Gasteiger partial charge in [-0.25, -0.2) is 4.79 Å². The summed E-state index contributed by atoms with van der Waals surface area (Å²) in [4.78, 5) is 11.5. The van der Waals surface area contributed by atoms with Gasteiger partial charge in [0.1, 0.15) is 5.75 Å². The molecule has 1 aromatic rings. The zero-order valence-electron chi connectivity index (χ0n) is 8.95. The molecule has 0 unspecified atom stereocenters. The predicted molar refractivity (Wildman–Crippen MR) is 55.8 cm³/mol. The minimum absolute atomic E-state index is 0.272. The summed E-state index contributed by atoms with van der Waals surface area (Å²) in [6, 6.07) is 7.68. The molecular formula is C12H14O3. The van der Waals surface area contributed by atoms with Crippen molar-refractivity contribution >= 4 is 5.97 Å². The Morgan fingerprint density at radius 3 is 2.53 bits per heavy atom. The molecule has 3 nitrogen and oxygen atoms in total. The van der Waals surface area contributed by atoms with Crippen LogP contribution in [0.5, 0.6) is 5.75 Å². The number of carbonyl (C=O) groups is 1. The fourth-order valence-electron chi connectivity index (χ4n) is 1.53. The predicted octanol–water partition coefficient (Wildman–Crippen LogP) is 2.08. The Labute approximate surface area is 89.0 Å². The molecule has 0 saturated heterocycles. The quantitative estimate of drug-likeness (QED) is 0.710. The van der Waals surface area contributed by atoms with Gasteiger partial charge >= 0.3 is 5.97 Å². The van der Waals surface area contributed by atoms with E-state index in [0.717, 1.165) is 24.2 Å². The van der Waals surface area contributed by atoms with Crippen molar-refractivity contribution in [1.82, 2.24) is 0 Å². The SMILES string of the molecule is COC(=O)C1(Oc2ccccc2C)CC1. The largest absolute Gasteiger partial charge is 0.475 e. The van der Waals surface area contributed by atoms with Crippen LogP contribution in [0.3, 0.4) is 0 Å². The molecule has 15 heavy (non-hydrogen) atoms. The van der Waals surface area contributed by atoms with E-state index in [4.69, 9.17) is 9.47 Å². The van der Waals surface area contributed by atoms with Crippen LogP contribution in [-0.2, 0) is 9.53 Å². The second-order valence-electron chi connectivity index (χ2n) is 3.85. The fraction of sp³-hybridized carbons (Fsp3) is 0.417. The van der Waals surface area contributed by atoms with Crippen molar-refractivity contribution in [3.63, 3.8) is 0 Å². The second kappa shape index (κ2) is 3.57. The molecule has 0 aliphatic heterocycles. The van der Waals surface area contributed by atoms with Crippen LogP contribution in [-0.4, -0.2) is 18.7 Å². The average Bonchev–Trinajstić information content (AvgIpc) is 3.01. The van der Waals surface area contributed by atoms with Crippen molar-refractivity contribution in [1.29, 1.82) is 0 Å². The minimum atomic E-state index is -0.707. The maximum absolute atomic E-state index is 11.5. The van der Waals surface area contributed by atoms with E-state index in [1.165, 1.54) is 7.11 Å². The van der Waals surface area contributed by atoms with E-state index in [-0.39, 0.29) is 5.97 Å². The molecule has 80 valence electrons. The number of ether oxygens (including phenoxy) is 2. The summed E-state index contributed by atoms with van der Waals surface area (Å²) in [6.07, 6.45) is 1.49. The highest BCUT2D eigenvalue weighted by Gasteiger charge is 2.54. The van der Waals surface area contributed by atoms with E-state index < -0.39 is 5.60 Å². The Hall–Kier alpha value is -1.51. The van der Waals surface area contributed by atoms with Crippen LogP contribution in [0.1, 0.15) is 18.4 Å². The van der Waals surface area contributed by atoms with Crippen molar-refractivity contribution in [3.8, 4) is 5.75 Å². The molecule has 1 aromatic carbocycles. The molecule has 0 heterocycles. The summed E-state index contributed by atoms with van der Waals surface area (Å²) in [5.74, 6) is 0.492. The highest BCUT2D eigenvalue weighted by molar-refractivity contribution is 5.83.